The maximum Gasteiger partial charge on any atom is 0.309 e. The van der Waals surface area contributed by atoms with Crippen LogP contribution in [-0.4, -0.2) is 43.7 Å². The van der Waals surface area contributed by atoms with Gasteiger partial charge in [-0.3, -0.25) is 9.59 Å². The monoisotopic (exact) mass is 457 g/mol. The number of sulfonamides is 1. The van der Waals surface area contributed by atoms with Gasteiger partial charge in [-0.1, -0.05) is 48.9 Å². The number of hydrogen-bond acceptors (Lipinski definition) is 4. The maximum atomic E-state index is 13.4. The molecule has 0 radical (unpaired) electrons. The van der Waals surface area contributed by atoms with Gasteiger partial charge in [-0.25, -0.2) is 8.42 Å². The molecule has 2 N–H and O–H groups in total. The van der Waals surface area contributed by atoms with Crippen molar-refractivity contribution in [3.8, 4) is 0 Å². The minimum absolute atomic E-state index is 0.207. The third-order valence-electron chi connectivity index (χ3n) is 5.77. The van der Waals surface area contributed by atoms with Gasteiger partial charge >= 0.3 is 11.8 Å². The van der Waals surface area contributed by atoms with Gasteiger partial charge in [-0.15, -0.1) is 0 Å². The molecule has 3 rings (SSSR count). The van der Waals surface area contributed by atoms with Crippen LogP contribution in [0.25, 0.3) is 0 Å². The summed E-state index contributed by atoms with van der Waals surface area (Å²) in [4.78, 5) is 24.5. The Morgan fingerprint density at radius 2 is 1.72 bits per heavy atom. The first-order valence-electron chi connectivity index (χ1n) is 11.0. The molecule has 1 aliphatic heterocycles. The summed E-state index contributed by atoms with van der Waals surface area (Å²) in [6.45, 7) is 4.66. The number of nitrogens with one attached hydrogen (secondary N) is 2. The van der Waals surface area contributed by atoms with Crippen LogP contribution in [0.1, 0.15) is 42.4 Å². The van der Waals surface area contributed by atoms with Crippen molar-refractivity contribution in [2.24, 2.45) is 0 Å². The molecule has 2 amide bonds. The zero-order valence-corrected chi connectivity index (χ0v) is 19.5. The molecule has 0 unspecified atom stereocenters. The van der Waals surface area contributed by atoms with Crippen LogP contribution in [-0.2, 0) is 26.2 Å². The van der Waals surface area contributed by atoms with Crippen LogP contribution < -0.4 is 10.6 Å². The second-order valence-corrected chi connectivity index (χ2v) is 10.1. The Labute approximate surface area is 190 Å². The largest absolute Gasteiger partial charge is 0.348 e. The average molecular weight is 458 g/mol. The predicted molar refractivity (Wildman–Crippen MR) is 123 cm³/mol. The van der Waals surface area contributed by atoms with Crippen molar-refractivity contribution in [1.29, 1.82) is 0 Å². The Hall–Kier alpha value is -2.71. The number of piperidine rings is 1. The number of hydrogen-bond donors (Lipinski definition) is 2. The molecule has 7 nitrogen and oxygen atoms in total. The summed E-state index contributed by atoms with van der Waals surface area (Å²) in [5.74, 6) is -1.40. The molecule has 172 valence electrons. The summed E-state index contributed by atoms with van der Waals surface area (Å²) in [6, 6.07) is 14.6. The van der Waals surface area contributed by atoms with E-state index in [0.717, 1.165) is 36.0 Å². The van der Waals surface area contributed by atoms with Crippen molar-refractivity contribution in [2.75, 3.05) is 13.1 Å². The lowest BCUT2D eigenvalue weighted by molar-refractivity contribution is -0.139. The molecule has 0 aromatic heterocycles. The highest BCUT2D eigenvalue weighted by molar-refractivity contribution is 7.89. The van der Waals surface area contributed by atoms with Crippen LogP contribution in [0, 0.1) is 13.8 Å². The van der Waals surface area contributed by atoms with Gasteiger partial charge < -0.3 is 10.6 Å². The first kappa shape index (κ1) is 23.9. The van der Waals surface area contributed by atoms with E-state index in [4.69, 9.17) is 0 Å². The fourth-order valence-corrected chi connectivity index (χ4v) is 6.02. The normalized spacial score (nSPS) is 17.0. The number of carbonyl (C=O) groups excluding carboxylic acids is 2. The molecular weight excluding hydrogens is 426 g/mol. The van der Waals surface area contributed by atoms with Gasteiger partial charge in [0, 0.05) is 25.7 Å². The molecule has 2 aromatic carbocycles. The minimum atomic E-state index is -3.63. The lowest BCUT2D eigenvalue weighted by Crippen LogP contribution is -2.46. The second kappa shape index (κ2) is 10.7. The van der Waals surface area contributed by atoms with Gasteiger partial charge in [0.05, 0.1) is 4.90 Å². The Kier molecular flexibility index (Phi) is 8.04. The van der Waals surface area contributed by atoms with Crippen molar-refractivity contribution in [1.82, 2.24) is 14.9 Å². The van der Waals surface area contributed by atoms with Gasteiger partial charge in [-0.2, -0.15) is 4.31 Å². The standard InChI is InChI=1S/C24H31N3O4S/c1-18-11-12-19(2)22(16-18)32(30,31)27-15-7-6-10-21(27)13-14-25-23(28)24(29)26-17-20-8-4-3-5-9-20/h3-5,8-9,11-12,16,21H,6-7,10,13-15,17H2,1-2H3,(H,25,28)(H,26,29)/t21-/m1/s1. The first-order chi connectivity index (χ1) is 15.3. The Morgan fingerprint density at radius 1 is 1.00 bits per heavy atom. The van der Waals surface area contributed by atoms with E-state index in [-0.39, 0.29) is 19.1 Å². The molecule has 1 atom stereocenters. The molecule has 1 heterocycles. The summed E-state index contributed by atoms with van der Waals surface area (Å²) >= 11 is 0. The predicted octanol–water partition coefficient (Wildman–Crippen LogP) is 2.67. The number of rotatable bonds is 7. The van der Waals surface area contributed by atoms with E-state index in [1.54, 1.807) is 17.3 Å². The summed E-state index contributed by atoms with van der Waals surface area (Å²) in [7, 11) is -3.63. The fourth-order valence-electron chi connectivity index (χ4n) is 3.98. The van der Waals surface area contributed by atoms with Crippen molar-refractivity contribution in [2.45, 2.75) is 57.0 Å². The van der Waals surface area contributed by atoms with Gasteiger partial charge in [0.1, 0.15) is 0 Å². The van der Waals surface area contributed by atoms with Gasteiger partial charge in [0.25, 0.3) is 0 Å². The zero-order valence-electron chi connectivity index (χ0n) is 18.6. The Bertz CT molecular complexity index is 1050. The summed E-state index contributed by atoms with van der Waals surface area (Å²) in [5, 5.41) is 5.22. The second-order valence-electron chi connectivity index (χ2n) is 8.25. The molecule has 0 bridgehead atoms. The smallest absolute Gasteiger partial charge is 0.309 e. The van der Waals surface area contributed by atoms with E-state index >= 15 is 0 Å². The number of nitrogens with zero attached hydrogens (tertiary/aromatic N) is 1. The molecule has 0 spiro atoms. The van der Waals surface area contributed by atoms with E-state index in [0.29, 0.717) is 17.9 Å². The van der Waals surface area contributed by atoms with Crippen molar-refractivity contribution in [3.63, 3.8) is 0 Å². The van der Waals surface area contributed by atoms with Crippen LogP contribution in [0.5, 0.6) is 0 Å². The highest BCUT2D eigenvalue weighted by atomic mass is 32.2. The quantitative estimate of drug-likeness (QED) is 0.625. The molecule has 2 aromatic rings. The number of benzene rings is 2. The zero-order chi connectivity index (χ0) is 23.1. The van der Waals surface area contributed by atoms with Gasteiger partial charge in [0.2, 0.25) is 10.0 Å². The maximum absolute atomic E-state index is 13.4. The average Bonchev–Trinajstić information content (AvgIpc) is 2.79. The molecule has 8 heteroatoms. The van der Waals surface area contributed by atoms with Crippen LogP contribution in [0.15, 0.2) is 53.4 Å². The van der Waals surface area contributed by atoms with E-state index in [9.17, 15) is 18.0 Å². The first-order valence-corrected chi connectivity index (χ1v) is 12.4. The third kappa shape index (κ3) is 5.95. The van der Waals surface area contributed by atoms with Gasteiger partial charge in [-0.05, 0) is 55.9 Å². The molecule has 1 saturated heterocycles. The topological polar surface area (TPSA) is 95.6 Å². The van der Waals surface area contributed by atoms with Crippen LogP contribution in [0.3, 0.4) is 0 Å². The van der Waals surface area contributed by atoms with Crippen LogP contribution in [0.2, 0.25) is 0 Å². The summed E-state index contributed by atoms with van der Waals surface area (Å²) in [6.07, 6.45) is 2.95. The molecular formula is C24H31N3O4S. The Balaban J connectivity index is 1.56. The molecule has 0 aliphatic carbocycles. The highest BCUT2D eigenvalue weighted by Gasteiger charge is 2.34. The SMILES string of the molecule is Cc1ccc(C)c(S(=O)(=O)N2CCCC[C@@H]2CCNC(=O)C(=O)NCc2ccccc2)c1. The lowest BCUT2D eigenvalue weighted by Gasteiger charge is -2.35. The third-order valence-corrected chi connectivity index (χ3v) is 7.86. The molecule has 1 fully saturated rings. The highest BCUT2D eigenvalue weighted by Crippen LogP contribution is 2.29. The fraction of sp³-hybridized carbons (Fsp3) is 0.417. The minimum Gasteiger partial charge on any atom is -0.348 e. The number of aryl methyl sites for hydroxylation is 2. The summed E-state index contributed by atoms with van der Waals surface area (Å²) < 4.78 is 28.3. The Morgan fingerprint density at radius 3 is 2.47 bits per heavy atom. The number of amides is 2. The van der Waals surface area contributed by atoms with Crippen molar-refractivity contribution in [3.05, 3.63) is 65.2 Å². The van der Waals surface area contributed by atoms with Crippen molar-refractivity contribution >= 4 is 21.8 Å². The van der Waals surface area contributed by atoms with E-state index < -0.39 is 21.8 Å². The summed E-state index contributed by atoms with van der Waals surface area (Å²) in [5.41, 5.74) is 2.53. The van der Waals surface area contributed by atoms with Crippen molar-refractivity contribution < 1.29 is 18.0 Å². The number of carbonyl (C=O) groups is 2. The van der Waals surface area contributed by atoms with Gasteiger partial charge in [0.15, 0.2) is 0 Å². The van der Waals surface area contributed by atoms with Crippen LogP contribution in [0.4, 0.5) is 0 Å². The van der Waals surface area contributed by atoms with E-state index in [1.807, 2.05) is 49.4 Å². The molecule has 32 heavy (non-hydrogen) atoms. The van der Waals surface area contributed by atoms with Crippen LogP contribution >= 0.6 is 0 Å². The molecule has 0 saturated carbocycles. The molecule has 1 aliphatic rings. The van der Waals surface area contributed by atoms with E-state index in [2.05, 4.69) is 10.6 Å². The van der Waals surface area contributed by atoms with E-state index in [1.165, 1.54) is 0 Å². The lowest BCUT2D eigenvalue weighted by atomic mass is 10.0.